The molecule has 0 radical (unpaired) electrons. The van der Waals surface area contributed by atoms with Crippen molar-refractivity contribution in [3.63, 3.8) is 0 Å². The van der Waals surface area contributed by atoms with Crippen molar-refractivity contribution in [3.8, 4) is 5.69 Å². The minimum atomic E-state index is -0.153. The summed E-state index contributed by atoms with van der Waals surface area (Å²) in [6.45, 7) is 5.91. The van der Waals surface area contributed by atoms with Gasteiger partial charge in [-0.2, -0.15) is 5.10 Å². The largest absolute Gasteiger partial charge is 0.376 e. The summed E-state index contributed by atoms with van der Waals surface area (Å²) in [5, 5.41) is 12.7. The van der Waals surface area contributed by atoms with Gasteiger partial charge in [-0.25, -0.2) is 9.36 Å². The molecule has 8 nitrogen and oxygen atoms in total. The molecule has 1 aliphatic rings. The normalized spacial score (nSPS) is 16.3. The van der Waals surface area contributed by atoms with Crippen LogP contribution in [0, 0.1) is 13.8 Å². The first kappa shape index (κ1) is 19.3. The number of aromatic nitrogens is 5. The zero-order valence-corrected chi connectivity index (χ0v) is 17.1. The fourth-order valence-electron chi connectivity index (χ4n) is 3.70. The van der Waals surface area contributed by atoms with Crippen molar-refractivity contribution in [1.29, 1.82) is 0 Å². The Labute approximate surface area is 170 Å². The third-order valence-corrected chi connectivity index (χ3v) is 5.10. The van der Waals surface area contributed by atoms with Crippen LogP contribution in [0.4, 0.5) is 0 Å². The van der Waals surface area contributed by atoms with Gasteiger partial charge in [0.25, 0.3) is 5.91 Å². The lowest BCUT2D eigenvalue weighted by atomic mass is 10.2. The Hall–Kier alpha value is -3.00. The molecule has 1 atom stereocenters. The molecule has 29 heavy (non-hydrogen) atoms. The van der Waals surface area contributed by atoms with Crippen LogP contribution in [0.5, 0.6) is 0 Å². The van der Waals surface area contributed by atoms with Crippen molar-refractivity contribution in [1.82, 2.24) is 29.7 Å². The number of nitrogens with zero attached hydrogens (tertiary/aromatic N) is 6. The zero-order chi connectivity index (χ0) is 20.4. The Bertz CT molecular complexity index is 1000. The maximum atomic E-state index is 12.8. The van der Waals surface area contributed by atoms with Crippen LogP contribution in [-0.2, 0) is 17.8 Å². The van der Waals surface area contributed by atoms with Gasteiger partial charge in [0, 0.05) is 25.9 Å². The van der Waals surface area contributed by atoms with Gasteiger partial charge in [0.05, 0.1) is 30.2 Å². The van der Waals surface area contributed by atoms with Crippen molar-refractivity contribution in [2.75, 3.05) is 13.7 Å². The number of ether oxygens (including phenoxy) is 1. The average molecular weight is 394 g/mol. The third-order valence-electron chi connectivity index (χ3n) is 5.10. The Morgan fingerprint density at radius 2 is 2.17 bits per heavy atom. The number of amides is 1. The van der Waals surface area contributed by atoms with Gasteiger partial charge in [-0.15, -0.1) is 5.10 Å². The van der Waals surface area contributed by atoms with Crippen LogP contribution in [-0.4, -0.2) is 55.3 Å². The molecular weight excluding hydrogens is 368 g/mol. The van der Waals surface area contributed by atoms with Crippen LogP contribution in [0.2, 0.25) is 0 Å². The minimum Gasteiger partial charge on any atom is -0.376 e. The lowest BCUT2D eigenvalue weighted by molar-refractivity contribution is 0.0778. The summed E-state index contributed by atoms with van der Waals surface area (Å²) in [6, 6.07) is 10.1. The number of hydrogen-bond acceptors (Lipinski definition) is 5. The monoisotopic (exact) mass is 394 g/mol. The van der Waals surface area contributed by atoms with Crippen molar-refractivity contribution in [2.24, 2.45) is 0 Å². The summed E-state index contributed by atoms with van der Waals surface area (Å²) in [7, 11) is 1.78. The predicted octanol–water partition coefficient (Wildman–Crippen LogP) is 2.53. The first-order chi connectivity index (χ1) is 14.0. The summed E-state index contributed by atoms with van der Waals surface area (Å²) in [5.74, 6) is -0.153. The van der Waals surface area contributed by atoms with Crippen molar-refractivity contribution in [3.05, 3.63) is 59.2 Å². The van der Waals surface area contributed by atoms with Crippen LogP contribution >= 0.6 is 0 Å². The van der Waals surface area contributed by atoms with E-state index in [0.717, 1.165) is 42.1 Å². The number of hydrogen-bond donors (Lipinski definition) is 0. The van der Waals surface area contributed by atoms with Gasteiger partial charge in [0.1, 0.15) is 0 Å². The molecule has 152 valence electrons. The standard InChI is InChI=1S/C21H26N6O2/c1-15-10-16(2)27(23-15)18-7-4-6-17(11-18)12-25(3)21(28)20-14-26(24-22-20)13-19-8-5-9-29-19/h4,6-7,10-11,14,19H,5,8-9,12-13H2,1-3H3/t19-/m1/s1. The molecule has 1 saturated heterocycles. The Kier molecular flexibility index (Phi) is 5.44. The van der Waals surface area contributed by atoms with E-state index in [1.165, 1.54) is 0 Å². The van der Waals surface area contributed by atoms with Gasteiger partial charge >= 0.3 is 0 Å². The van der Waals surface area contributed by atoms with E-state index in [0.29, 0.717) is 18.8 Å². The summed E-state index contributed by atoms with van der Waals surface area (Å²) < 4.78 is 9.23. The number of carbonyl (C=O) groups is 1. The number of aryl methyl sites for hydroxylation is 2. The number of rotatable bonds is 6. The molecular formula is C21H26N6O2. The fraction of sp³-hybridized carbons (Fsp3) is 0.429. The smallest absolute Gasteiger partial charge is 0.276 e. The molecule has 4 rings (SSSR count). The van der Waals surface area contributed by atoms with Gasteiger partial charge in [-0.05, 0) is 50.5 Å². The molecule has 2 aromatic heterocycles. The predicted molar refractivity (Wildman–Crippen MR) is 108 cm³/mol. The maximum Gasteiger partial charge on any atom is 0.276 e. The van der Waals surface area contributed by atoms with E-state index in [1.54, 1.807) is 22.8 Å². The minimum absolute atomic E-state index is 0.153. The molecule has 1 amide bonds. The summed E-state index contributed by atoms with van der Waals surface area (Å²) in [4.78, 5) is 14.4. The van der Waals surface area contributed by atoms with Gasteiger partial charge in [-0.1, -0.05) is 17.3 Å². The Morgan fingerprint density at radius 1 is 1.31 bits per heavy atom. The van der Waals surface area contributed by atoms with Gasteiger partial charge in [0.2, 0.25) is 0 Å². The summed E-state index contributed by atoms with van der Waals surface area (Å²) in [5.41, 5.74) is 4.41. The lowest BCUT2D eigenvalue weighted by Gasteiger charge is -2.16. The van der Waals surface area contributed by atoms with Crippen molar-refractivity contribution >= 4 is 5.91 Å². The van der Waals surface area contributed by atoms with Gasteiger partial charge < -0.3 is 9.64 Å². The molecule has 0 N–H and O–H groups in total. The summed E-state index contributed by atoms with van der Waals surface area (Å²) >= 11 is 0. The molecule has 0 saturated carbocycles. The fourth-order valence-corrected chi connectivity index (χ4v) is 3.70. The van der Waals surface area contributed by atoms with Crippen molar-refractivity contribution < 1.29 is 9.53 Å². The highest BCUT2D eigenvalue weighted by Gasteiger charge is 2.20. The highest BCUT2D eigenvalue weighted by atomic mass is 16.5. The number of carbonyl (C=O) groups excluding carboxylic acids is 1. The highest BCUT2D eigenvalue weighted by molar-refractivity contribution is 5.91. The van der Waals surface area contributed by atoms with Crippen LogP contribution in [0.25, 0.3) is 5.69 Å². The quantitative estimate of drug-likeness (QED) is 0.642. The molecule has 0 bridgehead atoms. The van der Waals surface area contributed by atoms with Gasteiger partial charge in [-0.3, -0.25) is 4.79 Å². The topological polar surface area (TPSA) is 78.1 Å². The van der Waals surface area contributed by atoms with Crippen LogP contribution in [0.15, 0.2) is 36.5 Å². The second kappa shape index (κ2) is 8.16. The first-order valence-electron chi connectivity index (χ1n) is 9.89. The molecule has 0 aliphatic carbocycles. The van der Waals surface area contributed by atoms with E-state index in [1.807, 2.05) is 42.8 Å². The highest BCUT2D eigenvalue weighted by Crippen LogP contribution is 2.16. The van der Waals surface area contributed by atoms with E-state index in [4.69, 9.17) is 4.74 Å². The van der Waals surface area contributed by atoms with E-state index < -0.39 is 0 Å². The van der Waals surface area contributed by atoms with Crippen molar-refractivity contribution in [2.45, 2.75) is 45.9 Å². The molecule has 0 spiro atoms. The van der Waals surface area contributed by atoms with Crippen LogP contribution in [0.1, 0.15) is 40.3 Å². The molecule has 1 aliphatic heterocycles. The molecule has 8 heteroatoms. The van der Waals surface area contributed by atoms with Gasteiger partial charge in [0.15, 0.2) is 5.69 Å². The maximum absolute atomic E-state index is 12.8. The van der Waals surface area contributed by atoms with Crippen LogP contribution in [0.3, 0.4) is 0 Å². The molecule has 3 aromatic rings. The van der Waals surface area contributed by atoms with E-state index in [2.05, 4.69) is 21.5 Å². The number of benzene rings is 1. The van der Waals surface area contributed by atoms with E-state index in [-0.39, 0.29) is 12.0 Å². The molecule has 0 unspecified atom stereocenters. The lowest BCUT2D eigenvalue weighted by Crippen LogP contribution is -2.26. The zero-order valence-electron chi connectivity index (χ0n) is 17.1. The Balaban J connectivity index is 1.43. The van der Waals surface area contributed by atoms with E-state index >= 15 is 0 Å². The second-order valence-electron chi connectivity index (χ2n) is 7.63. The third kappa shape index (κ3) is 4.37. The molecule has 3 heterocycles. The summed E-state index contributed by atoms with van der Waals surface area (Å²) in [6.07, 6.45) is 3.96. The average Bonchev–Trinajstić information content (AvgIpc) is 3.44. The Morgan fingerprint density at radius 3 is 2.90 bits per heavy atom. The van der Waals surface area contributed by atoms with E-state index in [9.17, 15) is 4.79 Å². The van der Waals surface area contributed by atoms with Crippen LogP contribution < -0.4 is 0 Å². The first-order valence-corrected chi connectivity index (χ1v) is 9.89. The molecule has 1 fully saturated rings. The second-order valence-corrected chi connectivity index (χ2v) is 7.63. The molecule has 1 aromatic carbocycles. The SMILES string of the molecule is Cc1cc(C)n(-c2cccc(CN(C)C(=O)c3cn(C[C@H]4CCCO4)nn3)c2)n1.